The van der Waals surface area contributed by atoms with Gasteiger partial charge in [-0.05, 0) is 61.0 Å². The van der Waals surface area contributed by atoms with Crippen molar-refractivity contribution < 1.29 is 17.6 Å². The third kappa shape index (κ3) is 4.57. The van der Waals surface area contributed by atoms with Crippen LogP contribution in [0.3, 0.4) is 0 Å². The van der Waals surface area contributed by atoms with E-state index >= 15 is 0 Å². The van der Waals surface area contributed by atoms with Gasteiger partial charge in [0.15, 0.2) is 0 Å². The van der Waals surface area contributed by atoms with Gasteiger partial charge in [0.1, 0.15) is 11.5 Å². The molecule has 0 bridgehead atoms. The molecule has 0 radical (unpaired) electrons. The average molecular weight is 405 g/mol. The molecule has 0 spiro atoms. The second-order valence-electron chi connectivity index (χ2n) is 5.98. The summed E-state index contributed by atoms with van der Waals surface area (Å²) in [6.07, 6.45) is 0. The predicted molar refractivity (Wildman–Crippen MR) is 103 cm³/mol. The Kier molecular flexibility index (Phi) is 5.36. The number of amides is 1. The highest BCUT2D eigenvalue weighted by atomic mass is 35.5. The molecule has 3 rings (SSSR count). The second kappa shape index (κ2) is 7.56. The van der Waals surface area contributed by atoms with Crippen LogP contribution in [0, 0.1) is 6.92 Å². The lowest BCUT2D eigenvalue weighted by molar-refractivity contribution is 0.0948. The molecule has 0 atom stereocenters. The van der Waals surface area contributed by atoms with Gasteiger partial charge in [-0.2, -0.15) is 0 Å². The van der Waals surface area contributed by atoms with Gasteiger partial charge in [-0.25, -0.2) is 13.6 Å². The van der Waals surface area contributed by atoms with Crippen LogP contribution in [0.15, 0.2) is 63.9 Å². The van der Waals surface area contributed by atoms with E-state index in [0.717, 1.165) is 5.56 Å². The Hall–Kier alpha value is -2.61. The quantitative estimate of drug-likeness (QED) is 0.679. The largest absolute Gasteiger partial charge is 0.459 e. The summed E-state index contributed by atoms with van der Waals surface area (Å²) in [5.41, 5.74) is 1.55. The van der Waals surface area contributed by atoms with Crippen molar-refractivity contribution in [2.45, 2.75) is 18.4 Å². The Morgan fingerprint density at radius 2 is 1.81 bits per heavy atom. The molecule has 1 heterocycles. The Balaban J connectivity index is 1.71. The van der Waals surface area contributed by atoms with E-state index in [-0.39, 0.29) is 17.0 Å². The molecule has 1 aromatic heterocycles. The van der Waals surface area contributed by atoms with Gasteiger partial charge >= 0.3 is 0 Å². The fourth-order valence-electron chi connectivity index (χ4n) is 2.56. The van der Waals surface area contributed by atoms with Crippen LogP contribution >= 0.6 is 11.6 Å². The third-order valence-electron chi connectivity index (χ3n) is 3.97. The summed E-state index contributed by atoms with van der Waals surface area (Å²) in [5, 5.41) is 8.51. The van der Waals surface area contributed by atoms with E-state index in [2.05, 4.69) is 5.32 Å². The topological polar surface area (TPSA) is 102 Å². The summed E-state index contributed by atoms with van der Waals surface area (Å²) in [4.78, 5) is 12.2. The predicted octanol–water partition coefficient (Wildman–Crippen LogP) is 3.49. The zero-order valence-corrected chi connectivity index (χ0v) is 16.0. The zero-order valence-electron chi connectivity index (χ0n) is 14.4. The lowest BCUT2D eigenvalue weighted by Crippen LogP contribution is -2.23. The van der Waals surface area contributed by atoms with E-state index in [9.17, 15) is 13.2 Å². The van der Waals surface area contributed by atoms with E-state index in [1.54, 1.807) is 43.3 Å². The van der Waals surface area contributed by atoms with Crippen LogP contribution < -0.4 is 10.5 Å². The van der Waals surface area contributed by atoms with Gasteiger partial charge in [0, 0.05) is 16.1 Å². The molecule has 3 aromatic rings. The maximum absolute atomic E-state index is 12.3. The van der Waals surface area contributed by atoms with Crippen molar-refractivity contribution in [1.82, 2.24) is 5.32 Å². The monoisotopic (exact) mass is 404 g/mol. The van der Waals surface area contributed by atoms with Gasteiger partial charge in [-0.15, -0.1) is 0 Å². The molecule has 0 unspecified atom stereocenters. The van der Waals surface area contributed by atoms with Crippen LogP contribution in [0.5, 0.6) is 0 Å². The van der Waals surface area contributed by atoms with Crippen LogP contribution in [0.2, 0.25) is 5.02 Å². The van der Waals surface area contributed by atoms with Crippen molar-refractivity contribution in [2.75, 3.05) is 0 Å². The average Bonchev–Trinajstić information content (AvgIpc) is 3.08. The first-order valence-corrected chi connectivity index (χ1v) is 9.93. The number of hydrogen-bond acceptors (Lipinski definition) is 4. The van der Waals surface area contributed by atoms with Gasteiger partial charge in [0.05, 0.1) is 11.4 Å². The maximum Gasteiger partial charge on any atom is 0.251 e. The minimum absolute atomic E-state index is 0.0711. The van der Waals surface area contributed by atoms with Crippen molar-refractivity contribution in [2.24, 2.45) is 5.14 Å². The Morgan fingerprint density at radius 3 is 2.48 bits per heavy atom. The van der Waals surface area contributed by atoms with Crippen LogP contribution in [-0.2, 0) is 16.6 Å². The fraction of sp³-hybridized carbons (Fsp3) is 0.105. The molecule has 27 heavy (non-hydrogen) atoms. The molecule has 8 heteroatoms. The smallest absolute Gasteiger partial charge is 0.251 e. The summed E-state index contributed by atoms with van der Waals surface area (Å²) >= 11 is 5.87. The van der Waals surface area contributed by atoms with E-state index in [1.807, 2.05) is 12.1 Å². The highest BCUT2D eigenvalue weighted by Gasteiger charge is 2.15. The summed E-state index contributed by atoms with van der Waals surface area (Å²) in [7, 11) is -3.89. The Labute approximate surface area is 162 Å². The molecule has 0 saturated heterocycles. The zero-order chi connectivity index (χ0) is 19.6. The number of hydrogen-bond donors (Lipinski definition) is 2. The first-order valence-electron chi connectivity index (χ1n) is 8.00. The third-order valence-corrected chi connectivity index (χ3v) is 5.28. The van der Waals surface area contributed by atoms with Gasteiger partial charge < -0.3 is 9.73 Å². The number of rotatable bonds is 5. The number of halogens is 1. The van der Waals surface area contributed by atoms with Crippen LogP contribution in [0.25, 0.3) is 11.3 Å². The summed E-state index contributed by atoms with van der Waals surface area (Å²) in [5.74, 6) is 0.791. The molecule has 1 amide bonds. The number of nitrogens with one attached hydrogen (secondary N) is 1. The number of carbonyl (C=O) groups excluding carboxylic acids is 1. The molecule has 0 aliphatic rings. The number of sulfonamides is 1. The van der Waals surface area contributed by atoms with E-state index in [4.69, 9.17) is 21.2 Å². The van der Waals surface area contributed by atoms with Crippen molar-refractivity contribution in [3.63, 3.8) is 0 Å². The SMILES string of the molecule is Cc1ccc(C(=O)NCc2ccc(-c3ccc(Cl)cc3)o2)cc1S(N)(=O)=O. The van der Waals surface area contributed by atoms with Gasteiger partial charge in [-0.1, -0.05) is 17.7 Å². The molecule has 140 valence electrons. The standard InChI is InChI=1S/C19H17ClN2O4S/c1-12-2-3-14(10-18(12)27(21,24)25)19(23)22-11-16-8-9-17(26-16)13-4-6-15(20)7-5-13/h2-10H,11H2,1H3,(H,22,23)(H2,21,24,25). The Bertz CT molecular complexity index is 1090. The molecule has 0 fully saturated rings. The lowest BCUT2D eigenvalue weighted by atomic mass is 10.1. The highest BCUT2D eigenvalue weighted by Crippen LogP contribution is 2.24. The number of aryl methyl sites for hydroxylation is 1. The number of nitrogens with two attached hydrogens (primary N) is 1. The van der Waals surface area contributed by atoms with E-state index in [0.29, 0.717) is 22.1 Å². The molecule has 0 aliphatic carbocycles. The fourth-order valence-corrected chi connectivity index (χ4v) is 3.49. The molecule has 3 N–H and O–H groups in total. The first kappa shape index (κ1) is 19.2. The molecule has 6 nitrogen and oxygen atoms in total. The van der Waals surface area contributed by atoms with Crippen LogP contribution in [0.4, 0.5) is 0 Å². The second-order valence-corrected chi connectivity index (χ2v) is 7.95. The van der Waals surface area contributed by atoms with Gasteiger partial charge in [0.2, 0.25) is 10.0 Å². The van der Waals surface area contributed by atoms with E-state index < -0.39 is 15.9 Å². The highest BCUT2D eigenvalue weighted by molar-refractivity contribution is 7.89. The van der Waals surface area contributed by atoms with E-state index in [1.165, 1.54) is 6.07 Å². The molecular formula is C19H17ClN2O4S. The molecule has 0 aliphatic heterocycles. The minimum atomic E-state index is -3.89. The van der Waals surface area contributed by atoms with Crippen molar-refractivity contribution in [1.29, 1.82) is 0 Å². The summed E-state index contributed by atoms with van der Waals surface area (Å²) in [6.45, 7) is 1.77. The van der Waals surface area contributed by atoms with Gasteiger partial charge in [0.25, 0.3) is 5.91 Å². The normalized spacial score (nSPS) is 11.4. The lowest BCUT2D eigenvalue weighted by Gasteiger charge is -2.07. The first-order chi connectivity index (χ1) is 12.7. The van der Waals surface area contributed by atoms with Crippen molar-refractivity contribution >= 4 is 27.5 Å². The molecule has 2 aromatic carbocycles. The number of carbonyl (C=O) groups is 1. The summed E-state index contributed by atoms with van der Waals surface area (Å²) < 4.78 is 28.9. The van der Waals surface area contributed by atoms with Crippen molar-refractivity contribution in [3.8, 4) is 11.3 Å². The number of furan rings is 1. The molecular weight excluding hydrogens is 388 g/mol. The van der Waals surface area contributed by atoms with Crippen molar-refractivity contribution in [3.05, 3.63) is 76.5 Å². The van der Waals surface area contributed by atoms with Crippen LogP contribution in [0.1, 0.15) is 21.7 Å². The van der Waals surface area contributed by atoms with Crippen LogP contribution in [-0.4, -0.2) is 14.3 Å². The molecule has 0 saturated carbocycles. The number of benzene rings is 2. The minimum Gasteiger partial charge on any atom is -0.459 e. The number of primary sulfonamides is 1. The van der Waals surface area contributed by atoms with Gasteiger partial charge in [-0.3, -0.25) is 4.79 Å². The Morgan fingerprint density at radius 1 is 1.11 bits per heavy atom. The maximum atomic E-state index is 12.3. The summed E-state index contributed by atoms with van der Waals surface area (Å²) in [6, 6.07) is 15.1.